The largest absolute Gasteiger partial charge is 0.494 e. The highest BCUT2D eigenvalue weighted by Gasteiger charge is 2.30. The summed E-state index contributed by atoms with van der Waals surface area (Å²) in [6, 6.07) is 10.9. The van der Waals surface area contributed by atoms with Gasteiger partial charge in [-0.3, -0.25) is 9.80 Å². The normalized spacial score (nSPS) is 17.8. The van der Waals surface area contributed by atoms with Crippen LogP contribution in [0.1, 0.15) is 44.6 Å². The highest BCUT2D eigenvalue weighted by atomic mass is 16.5. The van der Waals surface area contributed by atoms with Crippen LogP contribution in [-0.4, -0.2) is 99.0 Å². The monoisotopic (exact) mass is 559 g/mol. The van der Waals surface area contributed by atoms with E-state index in [0.29, 0.717) is 35.9 Å². The molecule has 40 heavy (non-hydrogen) atoms. The number of hydrogen-bond donors (Lipinski definition) is 4. The number of carboxylic acid groups (broad SMARTS) is 4. The van der Waals surface area contributed by atoms with Gasteiger partial charge >= 0.3 is 23.9 Å². The molecule has 12 heteroatoms. The maximum Gasteiger partial charge on any atom is 0.328 e. The first-order valence-corrected chi connectivity index (χ1v) is 12.9. The van der Waals surface area contributed by atoms with Crippen molar-refractivity contribution in [2.75, 3.05) is 32.8 Å². The maximum absolute atomic E-state index is 9.55. The first kappa shape index (κ1) is 33.8. The number of piperidine rings is 1. The Kier molecular flexibility index (Phi) is 16.0. The van der Waals surface area contributed by atoms with E-state index < -0.39 is 23.9 Å². The quantitative estimate of drug-likeness (QED) is 0.243. The van der Waals surface area contributed by atoms with E-state index in [9.17, 15) is 19.2 Å². The zero-order valence-electron chi connectivity index (χ0n) is 22.5. The molecule has 0 spiro atoms. The van der Waals surface area contributed by atoms with Crippen molar-refractivity contribution < 1.29 is 44.3 Å². The van der Waals surface area contributed by atoms with Gasteiger partial charge in [0.25, 0.3) is 0 Å². The van der Waals surface area contributed by atoms with Crippen LogP contribution < -0.4 is 4.74 Å². The summed E-state index contributed by atoms with van der Waals surface area (Å²) in [7, 11) is 0. The molecular formula is C28H37N3O9. The molecule has 12 nitrogen and oxygen atoms in total. The fourth-order valence-electron chi connectivity index (χ4n) is 4.24. The van der Waals surface area contributed by atoms with Crippen LogP contribution >= 0.6 is 0 Å². The maximum atomic E-state index is 9.55. The zero-order valence-corrected chi connectivity index (χ0v) is 22.5. The summed E-state index contributed by atoms with van der Waals surface area (Å²) < 4.78 is 5.79. The molecule has 2 aliphatic heterocycles. The van der Waals surface area contributed by atoms with Gasteiger partial charge in [-0.05, 0) is 63.4 Å². The van der Waals surface area contributed by atoms with E-state index in [1.807, 2.05) is 24.3 Å². The van der Waals surface area contributed by atoms with Crippen molar-refractivity contribution in [2.45, 2.75) is 51.1 Å². The van der Waals surface area contributed by atoms with E-state index in [1.54, 1.807) is 0 Å². The number of benzene rings is 1. The lowest BCUT2D eigenvalue weighted by Gasteiger charge is -2.46. The van der Waals surface area contributed by atoms with Crippen molar-refractivity contribution in [3.8, 4) is 11.8 Å². The SMILES string of the molecule is CC(CCCOc1ccc(C#N)cc1)N1CCN2CCCCC2C1.O=C(O)C=CC(=O)O.O=C(O)C=CC(=O)O. The van der Waals surface area contributed by atoms with Crippen molar-refractivity contribution in [3.63, 3.8) is 0 Å². The molecule has 2 aliphatic rings. The van der Waals surface area contributed by atoms with Gasteiger partial charge in [-0.1, -0.05) is 6.42 Å². The van der Waals surface area contributed by atoms with E-state index in [-0.39, 0.29) is 0 Å². The average molecular weight is 560 g/mol. The van der Waals surface area contributed by atoms with Crippen LogP contribution in [0.5, 0.6) is 5.75 Å². The molecule has 1 aromatic carbocycles. The van der Waals surface area contributed by atoms with Crippen LogP contribution in [0.2, 0.25) is 0 Å². The van der Waals surface area contributed by atoms with Crippen molar-refractivity contribution in [2.24, 2.45) is 0 Å². The van der Waals surface area contributed by atoms with E-state index in [1.165, 1.54) is 51.9 Å². The number of nitrogens with zero attached hydrogens (tertiary/aromatic N) is 3. The Balaban J connectivity index is 0.000000412. The van der Waals surface area contributed by atoms with Crippen LogP contribution in [0.3, 0.4) is 0 Å². The van der Waals surface area contributed by atoms with Gasteiger partial charge in [0.2, 0.25) is 0 Å². The number of rotatable bonds is 10. The number of carbonyl (C=O) groups is 4. The predicted molar refractivity (Wildman–Crippen MR) is 145 cm³/mol. The predicted octanol–water partition coefficient (Wildman–Crippen LogP) is 2.70. The summed E-state index contributed by atoms with van der Waals surface area (Å²) in [5.41, 5.74) is 0.679. The molecule has 0 aliphatic carbocycles. The molecule has 3 rings (SSSR count). The molecule has 0 amide bonds. The second kappa shape index (κ2) is 18.9. The summed E-state index contributed by atoms with van der Waals surface area (Å²) in [6.07, 6.45) is 8.66. The Bertz CT molecular complexity index is 998. The summed E-state index contributed by atoms with van der Waals surface area (Å²) in [5.74, 6) is -4.17. The van der Waals surface area contributed by atoms with Gasteiger partial charge in [0.15, 0.2) is 0 Å². The number of nitriles is 1. The van der Waals surface area contributed by atoms with Crippen LogP contribution in [0.4, 0.5) is 0 Å². The topological polar surface area (TPSA) is 189 Å². The molecule has 2 atom stereocenters. The summed E-state index contributed by atoms with van der Waals surface area (Å²) in [6.45, 7) is 8.13. The fraction of sp³-hybridized carbons (Fsp3) is 0.464. The molecule has 0 radical (unpaired) electrons. The third-order valence-corrected chi connectivity index (χ3v) is 6.25. The molecule has 2 heterocycles. The third-order valence-electron chi connectivity index (χ3n) is 6.25. The highest BCUT2D eigenvalue weighted by Crippen LogP contribution is 2.23. The van der Waals surface area contributed by atoms with E-state index >= 15 is 0 Å². The number of piperazine rings is 1. The highest BCUT2D eigenvalue weighted by molar-refractivity contribution is 5.90. The second-order valence-corrected chi connectivity index (χ2v) is 9.18. The Morgan fingerprint density at radius 2 is 1.48 bits per heavy atom. The van der Waals surface area contributed by atoms with E-state index in [0.717, 1.165) is 24.8 Å². The summed E-state index contributed by atoms with van der Waals surface area (Å²) >= 11 is 0. The Morgan fingerprint density at radius 3 is 1.98 bits per heavy atom. The zero-order chi connectivity index (χ0) is 29.9. The molecule has 218 valence electrons. The first-order chi connectivity index (χ1) is 19.0. The minimum atomic E-state index is -1.26. The van der Waals surface area contributed by atoms with Gasteiger partial charge in [0.1, 0.15) is 5.75 Å². The standard InChI is InChI=1S/C20H29N3O.2C4H4O4/c1-17(23-13-12-22-11-3-2-6-19(22)16-23)5-4-14-24-20-9-7-18(15-21)8-10-20;2*5-3(6)1-2-4(7)8/h7-10,17,19H,2-6,11-14,16H2,1H3;2*1-2H,(H,5,6)(H,7,8). The van der Waals surface area contributed by atoms with Crippen molar-refractivity contribution in [1.82, 2.24) is 9.80 Å². The third kappa shape index (κ3) is 15.3. The number of fused-ring (bicyclic) bond motifs is 1. The second-order valence-electron chi connectivity index (χ2n) is 9.18. The smallest absolute Gasteiger partial charge is 0.328 e. The van der Waals surface area contributed by atoms with Gasteiger partial charge < -0.3 is 25.2 Å². The lowest BCUT2D eigenvalue weighted by atomic mass is 9.98. The minimum absolute atomic E-state index is 0.558. The molecule has 2 unspecified atom stereocenters. The molecule has 4 N–H and O–H groups in total. The number of hydrogen-bond acceptors (Lipinski definition) is 8. The first-order valence-electron chi connectivity index (χ1n) is 12.9. The Morgan fingerprint density at radius 1 is 0.925 bits per heavy atom. The average Bonchev–Trinajstić information content (AvgIpc) is 2.93. The lowest BCUT2D eigenvalue weighted by molar-refractivity contribution is -0.134. The molecule has 2 saturated heterocycles. The minimum Gasteiger partial charge on any atom is -0.494 e. The Labute approximate surface area is 233 Å². The number of aliphatic carboxylic acids is 4. The lowest BCUT2D eigenvalue weighted by Crippen LogP contribution is -2.56. The van der Waals surface area contributed by atoms with E-state index in [4.69, 9.17) is 30.4 Å². The van der Waals surface area contributed by atoms with Crippen LogP contribution in [0, 0.1) is 11.3 Å². The van der Waals surface area contributed by atoms with Crippen LogP contribution in [-0.2, 0) is 19.2 Å². The van der Waals surface area contributed by atoms with Gasteiger partial charge in [-0.25, -0.2) is 19.2 Å². The van der Waals surface area contributed by atoms with Crippen molar-refractivity contribution >= 4 is 23.9 Å². The molecule has 0 aromatic heterocycles. The molecule has 1 aromatic rings. The Hall–Kier alpha value is -4.21. The fourth-order valence-corrected chi connectivity index (χ4v) is 4.24. The van der Waals surface area contributed by atoms with Gasteiger partial charge in [-0.15, -0.1) is 0 Å². The van der Waals surface area contributed by atoms with Gasteiger partial charge in [0.05, 0.1) is 18.2 Å². The molecule has 0 bridgehead atoms. The summed E-state index contributed by atoms with van der Waals surface area (Å²) in [5, 5.41) is 40.1. The van der Waals surface area contributed by atoms with Gasteiger partial charge in [0, 0.05) is 56.0 Å². The van der Waals surface area contributed by atoms with E-state index in [2.05, 4.69) is 22.8 Å². The number of ether oxygens (including phenoxy) is 1. The van der Waals surface area contributed by atoms with Crippen LogP contribution in [0.25, 0.3) is 0 Å². The summed E-state index contributed by atoms with van der Waals surface area (Å²) in [4.78, 5) is 43.6. The van der Waals surface area contributed by atoms with Crippen molar-refractivity contribution in [1.29, 1.82) is 5.26 Å². The van der Waals surface area contributed by atoms with Crippen LogP contribution in [0.15, 0.2) is 48.6 Å². The van der Waals surface area contributed by atoms with Crippen molar-refractivity contribution in [3.05, 3.63) is 54.1 Å². The number of carboxylic acids is 4. The molecule has 2 fully saturated rings. The molecular weight excluding hydrogens is 522 g/mol. The molecule has 0 saturated carbocycles. The van der Waals surface area contributed by atoms with Gasteiger partial charge in [-0.2, -0.15) is 5.26 Å².